The average Bonchev–Trinajstić information content (AvgIpc) is 3.30. The monoisotopic (exact) mass is 401 g/mol. The first kappa shape index (κ1) is 18.9. The molecule has 0 aliphatic heterocycles. The first-order valence-corrected chi connectivity index (χ1v) is 10.1. The third-order valence-electron chi connectivity index (χ3n) is 4.68. The zero-order chi connectivity index (χ0) is 20.4. The molecule has 0 aliphatic rings. The van der Waals surface area contributed by atoms with Crippen molar-refractivity contribution in [2.45, 2.75) is 26.4 Å². The minimum Gasteiger partial charge on any atom is -0.442 e. The van der Waals surface area contributed by atoms with Crippen LogP contribution in [-0.2, 0) is 11.2 Å². The van der Waals surface area contributed by atoms with Gasteiger partial charge in [-0.05, 0) is 37.6 Å². The van der Waals surface area contributed by atoms with Crippen LogP contribution in [0.5, 0.6) is 0 Å². The Morgan fingerprint density at radius 2 is 1.90 bits per heavy atom. The molecule has 144 valence electrons. The summed E-state index contributed by atoms with van der Waals surface area (Å²) in [6.45, 7) is 3.92. The first-order chi connectivity index (χ1) is 14.0. The van der Waals surface area contributed by atoms with Gasteiger partial charge in [0.1, 0.15) is 15.8 Å². The molecule has 0 bridgehead atoms. The van der Waals surface area contributed by atoms with Gasteiger partial charge >= 0.3 is 5.97 Å². The molecule has 2 aromatic carbocycles. The van der Waals surface area contributed by atoms with Crippen molar-refractivity contribution >= 4 is 27.5 Å². The summed E-state index contributed by atoms with van der Waals surface area (Å²) < 4.78 is 7.32. The van der Waals surface area contributed by atoms with Gasteiger partial charge in [0.05, 0.1) is 11.4 Å². The highest BCUT2D eigenvalue weighted by atomic mass is 32.1. The van der Waals surface area contributed by atoms with Gasteiger partial charge < -0.3 is 4.74 Å². The van der Waals surface area contributed by atoms with Crippen molar-refractivity contribution in [1.29, 1.82) is 5.26 Å². The van der Waals surface area contributed by atoms with Crippen LogP contribution in [0.15, 0.2) is 60.7 Å². The standard InChI is InChI=1S/C23H19N3O2S/c1-15-8-10-17(11-9-15)12-19(14-24)28-23(27)21-13-20-16(2)25-26(22(20)29-21)18-6-4-3-5-7-18/h3-11,13,19H,12H2,1-2H3. The lowest BCUT2D eigenvalue weighted by Crippen LogP contribution is -2.18. The molecule has 0 saturated carbocycles. The number of fused-ring (bicyclic) bond motifs is 1. The second-order valence-electron chi connectivity index (χ2n) is 6.88. The number of benzene rings is 2. The molecule has 2 heterocycles. The number of rotatable bonds is 5. The summed E-state index contributed by atoms with van der Waals surface area (Å²) in [4.78, 5) is 14.0. The van der Waals surface area contributed by atoms with Gasteiger partial charge in [0.15, 0.2) is 6.10 Å². The minimum absolute atomic E-state index is 0.365. The van der Waals surface area contributed by atoms with Crippen LogP contribution in [0.3, 0.4) is 0 Å². The maximum atomic E-state index is 12.7. The second kappa shape index (κ2) is 7.90. The Labute approximate surface area is 172 Å². The molecule has 0 spiro atoms. The first-order valence-electron chi connectivity index (χ1n) is 9.26. The van der Waals surface area contributed by atoms with Gasteiger partial charge in [-0.2, -0.15) is 10.4 Å². The number of carbonyl (C=O) groups excluding carboxylic acids is 1. The van der Waals surface area contributed by atoms with E-state index in [-0.39, 0.29) is 0 Å². The molecule has 0 aliphatic carbocycles. The van der Waals surface area contributed by atoms with Crippen LogP contribution >= 0.6 is 11.3 Å². The van der Waals surface area contributed by atoms with E-state index in [9.17, 15) is 10.1 Å². The fraction of sp³-hybridized carbons (Fsp3) is 0.174. The zero-order valence-electron chi connectivity index (χ0n) is 16.1. The molecule has 29 heavy (non-hydrogen) atoms. The number of aromatic nitrogens is 2. The van der Waals surface area contributed by atoms with E-state index in [0.29, 0.717) is 11.3 Å². The van der Waals surface area contributed by atoms with E-state index in [1.54, 1.807) is 6.07 Å². The molecule has 0 amide bonds. The SMILES string of the molecule is Cc1ccc(CC(C#N)OC(=O)c2cc3c(C)nn(-c4ccccc4)c3s2)cc1. The molecule has 4 rings (SSSR count). The van der Waals surface area contributed by atoms with Gasteiger partial charge in [-0.3, -0.25) is 0 Å². The van der Waals surface area contributed by atoms with E-state index in [1.807, 2.05) is 73.1 Å². The Morgan fingerprint density at radius 3 is 2.59 bits per heavy atom. The average molecular weight is 401 g/mol. The number of para-hydroxylation sites is 1. The van der Waals surface area contributed by atoms with Gasteiger partial charge in [-0.1, -0.05) is 48.0 Å². The predicted octanol–water partition coefficient (Wildman–Crippen LogP) is 5.00. The van der Waals surface area contributed by atoms with E-state index in [2.05, 4.69) is 11.2 Å². The van der Waals surface area contributed by atoms with Crippen LogP contribution in [0.1, 0.15) is 26.5 Å². The number of thiophene rings is 1. The van der Waals surface area contributed by atoms with Gasteiger partial charge in [0.2, 0.25) is 0 Å². The highest BCUT2D eigenvalue weighted by molar-refractivity contribution is 7.20. The van der Waals surface area contributed by atoms with Crippen molar-refractivity contribution in [1.82, 2.24) is 9.78 Å². The summed E-state index contributed by atoms with van der Waals surface area (Å²) in [7, 11) is 0. The Kier molecular flexibility index (Phi) is 5.15. The lowest BCUT2D eigenvalue weighted by atomic mass is 10.1. The molecular weight excluding hydrogens is 382 g/mol. The molecule has 2 aromatic heterocycles. The highest BCUT2D eigenvalue weighted by Gasteiger charge is 2.21. The number of carbonyl (C=O) groups is 1. The number of nitriles is 1. The lowest BCUT2D eigenvalue weighted by Gasteiger charge is -2.10. The van der Waals surface area contributed by atoms with Crippen LogP contribution in [0.25, 0.3) is 15.9 Å². The van der Waals surface area contributed by atoms with Crippen LogP contribution in [-0.4, -0.2) is 21.9 Å². The fourth-order valence-electron chi connectivity index (χ4n) is 3.13. The number of nitrogens with zero attached hydrogens (tertiary/aromatic N) is 3. The van der Waals surface area contributed by atoms with Gasteiger partial charge in [-0.15, -0.1) is 11.3 Å². The molecule has 1 atom stereocenters. The molecular formula is C23H19N3O2S. The normalized spacial score (nSPS) is 11.9. The molecule has 0 fully saturated rings. The topological polar surface area (TPSA) is 67.9 Å². The minimum atomic E-state index is -0.831. The van der Waals surface area contributed by atoms with E-state index < -0.39 is 12.1 Å². The Balaban J connectivity index is 1.57. The van der Waals surface area contributed by atoms with E-state index >= 15 is 0 Å². The maximum Gasteiger partial charge on any atom is 0.349 e. The molecule has 0 radical (unpaired) electrons. The van der Waals surface area contributed by atoms with Crippen molar-refractivity contribution in [2.75, 3.05) is 0 Å². The Morgan fingerprint density at radius 1 is 1.17 bits per heavy atom. The smallest absolute Gasteiger partial charge is 0.349 e. The highest BCUT2D eigenvalue weighted by Crippen LogP contribution is 2.31. The fourth-order valence-corrected chi connectivity index (χ4v) is 4.20. The molecule has 0 saturated heterocycles. The summed E-state index contributed by atoms with van der Waals surface area (Å²) in [5.41, 5.74) is 3.88. The van der Waals surface area contributed by atoms with Crippen LogP contribution < -0.4 is 0 Å². The van der Waals surface area contributed by atoms with E-state index in [1.165, 1.54) is 11.3 Å². The van der Waals surface area contributed by atoms with Gasteiger partial charge in [-0.25, -0.2) is 9.48 Å². The van der Waals surface area contributed by atoms with Gasteiger partial charge in [0, 0.05) is 11.8 Å². The van der Waals surface area contributed by atoms with Crippen molar-refractivity contribution in [2.24, 2.45) is 0 Å². The van der Waals surface area contributed by atoms with Crippen molar-refractivity contribution in [3.05, 3.63) is 82.4 Å². The lowest BCUT2D eigenvalue weighted by molar-refractivity contribution is 0.0414. The molecule has 0 N–H and O–H groups in total. The number of ether oxygens (including phenoxy) is 1. The van der Waals surface area contributed by atoms with Crippen LogP contribution in [0, 0.1) is 25.2 Å². The molecule has 6 heteroatoms. The zero-order valence-corrected chi connectivity index (χ0v) is 16.9. The summed E-state index contributed by atoms with van der Waals surface area (Å²) in [5, 5.41) is 14.9. The molecule has 5 nitrogen and oxygen atoms in total. The number of hydrogen-bond acceptors (Lipinski definition) is 5. The molecule has 1 unspecified atom stereocenters. The summed E-state index contributed by atoms with van der Waals surface area (Å²) in [6, 6.07) is 21.5. The number of aryl methyl sites for hydroxylation is 2. The summed E-state index contributed by atoms with van der Waals surface area (Å²) >= 11 is 1.32. The van der Waals surface area contributed by atoms with Crippen molar-refractivity contribution in [3.63, 3.8) is 0 Å². The summed E-state index contributed by atoms with van der Waals surface area (Å²) in [5.74, 6) is -0.483. The van der Waals surface area contributed by atoms with Crippen molar-refractivity contribution in [3.8, 4) is 11.8 Å². The van der Waals surface area contributed by atoms with Gasteiger partial charge in [0.25, 0.3) is 0 Å². The third-order valence-corrected chi connectivity index (χ3v) is 5.77. The quantitative estimate of drug-likeness (QED) is 0.442. The van der Waals surface area contributed by atoms with Crippen LogP contribution in [0.4, 0.5) is 0 Å². The number of esters is 1. The van der Waals surface area contributed by atoms with E-state index in [0.717, 1.165) is 32.7 Å². The Hall–Kier alpha value is -3.43. The predicted molar refractivity (Wildman–Crippen MR) is 113 cm³/mol. The summed E-state index contributed by atoms with van der Waals surface area (Å²) in [6.07, 6.45) is -0.466. The van der Waals surface area contributed by atoms with Crippen molar-refractivity contribution < 1.29 is 9.53 Å². The number of hydrogen-bond donors (Lipinski definition) is 0. The van der Waals surface area contributed by atoms with E-state index in [4.69, 9.17) is 4.74 Å². The second-order valence-corrected chi connectivity index (χ2v) is 7.91. The Bertz CT molecular complexity index is 1200. The van der Waals surface area contributed by atoms with Crippen LogP contribution in [0.2, 0.25) is 0 Å². The third kappa shape index (κ3) is 3.91. The maximum absolute atomic E-state index is 12.7. The largest absolute Gasteiger partial charge is 0.442 e. The molecule has 4 aromatic rings.